The van der Waals surface area contributed by atoms with Gasteiger partial charge in [0.2, 0.25) is 0 Å². The molecule has 132 valence electrons. The first-order valence-electron chi connectivity index (χ1n) is 7.08. The quantitative estimate of drug-likeness (QED) is 0.793. The standard InChI is InChI=1S/C17H15ClFNO5/c1-23-14-8-10(7-13(18)16(14)24-2)17(22)25-9-15(21)20-12-5-3-11(19)4-6-12/h3-8H,9H2,1-2H3,(H,20,21). The average molecular weight is 368 g/mol. The SMILES string of the molecule is COc1cc(C(=O)OCC(=O)Nc2ccc(F)cc2)cc(Cl)c1OC. The zero-order valence-corrected chi connectivity index (χ0v) is 14.2. The smallest absolute Gasteiger partial charge is 0.338 e. The highest BCUT2D eigenvalue weighted by Crippen LogP contribution is 2.36. The van der Waals surface area contributed by atoms with Crippen molar-refractivity contribution in [3.63, 3.8) is 0 Å². The summed E-state index contributed by atoms with van der Waals surface area (Å²) in [6.07, 6.45) is 0. The number of benzene rings is 2. The maximum Gasteiger partial charge on any atom is 0.338 e. The molecule has 0 saturated heterocycles. The van der Waals surface area contributed by atoms with E-state index in [1.807, 2.05) is 0 Å². The molecule has 25 heavy (non-hydrogen) atoms. The third-order valence-corrected chi connectivity index (χ3v) is 3.41. The molecule has 1 N–H and O–H groups in total. The second-order valence-electron chi connectivity index (χ2n) is 4.82. The van der Waals surface area contributed by atoms with Gasteiger partial charge in [0, 0.05) is 5.69 Å². The zero-order chi connectivity index (χ0) is 18.4. The Labute approximate surface area is 148 Å². The molecule has 0 spiro atoms. The van der Waals surface area contributed by atoms with Crippen molar-refractivity contribution in [2.45, 2.75) is 0 Å². The molecule has 0 aliphatic carbocycles. The first kappa shape index (κ1) is 18.5. The average Bonchev–Trinajstić information content (AvgIpc) is 2.60. The van der Waals surface area contributed by atoms with E-state index in [0.29, 0.717) is 5.69 Å². The Kier molecular flexibility index (Phi) is 6.19. The van der Waals surface area contributed by atoms with Crippen LogP contribution in [0.15, 0.2) is 36.4 Å². The van der Waals surface area contributed by atoms with E-state index in [4.69, 9.17) is 25.8 Å². The topological polar surface area (TPSA) is 73.9 Å². The highest BCUT2D eigenvalue weighted by atomic mass is 35.5. The van der Waals surface area contributed by atoms with Crippen LogP contribution in [0.4, 0.5) is 10.1 Å². The van der Waals surface area contributed by atoms with Gasteiger partial charge in [-0.05, 0) is 36.4 Å². The van der Waals surface area contributed by atoms with Gasteiger partial charge in [-0.3, -0.25) is 4.79 Å². The number of methoxy groups -OCH3 is 2. The number of hydrogen-bond acceptors (Lipinski definition) is 5. The molecule has 0 aliphatic rings. The summed E-state index contributed by atoms with van der Waals surface area (Å²) in [5.74, 6) is -1.19. The van der Waals surface area contributed by atoms with Crippen LogP contribution in [-0.4, -0.2) is 32.7 Å². The second kappa shape index (κ2) is 8.34. The van der Waals surface area contributed by atoms with Crippen molar-refractivity contribution in [3.05, 3.63) is 52.8 Å². The fourth-order valence-corrected chi connectivity index (χ4v) is 2.27. The summed E-state index contributed by atoms with van der Waals surface area (Å²) in [5.41, 5.74) is 0.494. The lowest BCUT2D eigenvalue weighted by Crippen LogP contribution is -2.21. The minimum atomic E-state index is -0.753. The van der Waals surface area contributed by atoms with E-state index >= 15 is 0 Å². The summed E-state index contributed by atoms with van der Waals surface area (Å²) < 4.78 is 27.9. The molecule has 0 unspecified atom stereocenters. The third kappa shape index (κ3) is 4.84. The lowest BCUT2D eigenvalue weighted by atomic mass is 10.2. The Morgan fingerprint density at radius 2 is 1.80 bits per heavy atom. The Balaban J connectivity index is 1.99. The summed E-state index contributed by atoms with van der Waals surface area (Å²) in [6.45, 7) is -0.512. The minimum Gasteiger partial charge on any atom is -0.493 e. The van der Waals surface area contributed by atoms with Crippen LogP contribution in [-0.2, 0) is 9.53 Å². The molecule has 0 bridgehead atoms. The number of carbonyl (C=O) groups is 2. The molecule has 0 aliphatic heterocycles. The highest BCUT2D eigenvalue weighted by Gasteiger charge is 2.17. The van der Waals surface area contributed by atoms with E-state index in [0.717, 1.165) is 0 Å². The van der Waals surface area contributed by atoms with Gasteiger partial charge in [0.05, 0.1) is 24.8 Å². The van der Waals surface area contributed by atoms with E-state index in [9.17, 15) is 14.0 Å². The molecule has 0 aromatic heterocycles. The van der Waals surface area contributed by atoms with Gasteiger partial charge in [-0.1, -0.05) is 11.6 Å². The Morgan fingerprint density at radius 1 is 1.12 bits per heavy atom. The number of hydrogen-bond donors (Lipinski definition) is 1. The van der Waals surface area contributed by atoms with Crippen molar-refractivity contribution >= 4 is 29.2 Å². The molecule has 2 aromatic rings. The van der Waals surface area contributed by atoms with Crippen LogP contribution in [0, 0.1) is 5.82 Å². The zero-order valence-electron chi connectivity index (χ0n) is 13.5. The van der Waals surface area contributed by atoms with E-state index < -0.39 is 24.3 Å². The first-order valence-corrected chi connectivity index (χ1v) is 7.46. The van der Waals surface area contributed by atoms with Gasteiger partial charge in [0.15, 0.2) is 18.1 Å². The van der Waals surface area contributed by atoms with E-state index in [1.165, 1.54) is 50.6 Å². The number of anilines is 1. The molecule has 8 heteroatoms. The lowest BCUT2D eigenvalue weighted by Gasteiger charge is -2.11. The molecular weight excluding hydrogens is 353 g/mol. The number of ether oxygens (including phenoxy) is 3. The number of esters is 1. The van der Waals surface area contributed by atoms with Crippen molar-refractivity contribution in [2.24, 2.45) is 0 Å². The number of amides is 1. The summed E-state index contributed by atoms with van der Waals surface area (Å²) in [6, 6.07) is 7.93. The van der Waals surface area contributed by atoms with Crippen molar-refractivity contribution in [3.8, 4) is 11.5 Å². The monoisotopic (exact) mass is 367 g/mol. The Morgan fingerprint density at radius 3 is 2.40 bits per heavy atom. The van der Waals surface area contributed by atoms with Crippen molar-refractivity contribution in [1.29, 1.82) is 0 Å². The molecule has 0 saturated carbocycles. The summed E-state index contributed by atoms with van der Waals surface area (Å²) in [5, 5.41) is 2.65. The fourth-order valence-electron chi connectivity index (χ4n) is 1.98. The van der Waals surface area contributed by atoms with Crippen molar-refractivity contribution in [1.82, 2.24) is 0 Å². The number of nitrogens with one attached hydrogen (secondary N) is 1. The van der Waals surface area contributed by atoms with Gasteiger partial charge in [0.1, 0.15) is 5.82 Å². The van der Waals surface area contributed by atoms with Crippen LogP contribution in [0.1, 0.15) is 10.4 Å². The van der Waals surface area contributed by atoms with Crippen LogP contribution >= 0.6 is 11.6 Å². The van der Waals surface area contributed by atoms with Crippen LogP contribution < -0.4 is 14.8 Å². The van der Waals surface area contributed by atoms with Crippen molar-refractivity contribution in [2.75, 3.05) is 26.1 Å². The van der Waals surface area contributed by atoms with Gasteiger partial charge < -0.3 is 19.5 Å². The largest absolute Gasteiger partial charge is 0.493 e. The van der Waals surface area contributed by atoms with Crippen LogP contribution in [0.5, 0.6) is 11.5 Å². The summed E-state index contributed by atoms with van der Waals surface area (Å²) >= 11 is 6.02. The molecule has 0 heterocycles. The second-order valence-corrected chi connectivity index (χ2v) is 5.23. The maximum atomic E-state index is 12.8. The van der Waals surface area contributed by atoms with Crippen LogP contribution in [0.2, 0.25) is 5.02 Å². The Hall–Kier alpha value is -2.80. The predicted molar refractivity (Wildman–Crippen MR) is 89.9 cm³/mol. The van der Waals surface area contributed by atoms with Crippen molar-refractivity contribution < 1.29 is 28.2 Å². The van der Waals surface area contributed by atoms with E-state index in [1.54, 1.807) is 0 Å². The molecule has 2 aromatic carbocycles. The minimum absolute atomic E-state index is 0.109. The Bertz CT molecular complexity index is 779. The van der Waals surface area contributed by atoms with Gasteiger partial charge in [0.25, 0.3) is 5.91 Å². The molecule has 0 fully saturated rings. The van der Waals surface area contributed by atoms with Gasteiger partial charge in [-0.2, -0.15) is 0 Å². The maximum absolute atomic E-state index is 12.8. The molecule has 0 radical (unpaired) electrons. The number of halogens is 2. The van der Waals surface area contributed by atoms with Gasteiger partial charge >= 0.3 is 5.97 Å². The lowest BCUT2D eigenvalue weighted by molar-refractivity contribution is -0.119. The predicted octanol–water partition coefficient (Wildman–Crippen LogP) is 3.29. The molecule has 2 rings (SSSR count). The molecule has 0 atom stereocenters. The van der Waals surface area contributed by atoms with Crippen LogP contribution in [0.3, 0.4) is 0 Å². The molecule has 6 nitrogen and oxygen atoms in total. The number of rotatable bonds is 6. The first-order chi connectivity index (χ1) is 11.9. The molecule has 1 amide bonds. The van der Waals surface area contributed by atoms with Gasteiger partial charge in [-0.15, -0.1) is 0 Å². The third-order valence-electron chi connectivity index (χ3n) is 3.13. The van der Waals surface area contributed by atoms with Gasteiger partial charge in [-0.25, -0.2) is 9.18 Å². The fraction of sp³-hybridized carbons (Fsp3) is 0.176. The normalized spacial score (nSPS) is 10.1. The number of carbonyl (C=O) groups excluding carboxylic acids is 2. The van der Waals surface area contributed by atoms with E-state index in [-0.39, 0.29) is 22.1 Å². The molecular formula is C17H15ClFNO5. The van der Waals surface area contributed by atoms with Crippen LogP contribution in [0.25, 0.3) is 0 Å². The summed E-state index contributed by atoms with van der Waals surface area (Å²) in [7, 11) is 2.82. The van der Waals surface area contributed by atoms with E-state index in [2.05, 4.69) is 5.32 Å². The highest BCUT2D eigenvalue weighted by molar-refractivity contribution is 6.32. The summed E-state index contributed by atoms with van der Waals surface area (Å²) in [4.78, 5) is 23.8.